The number of aryl methyl sites for hydroxylation is 1. The quantitative estimate of drug-likeness (QED) is 0.580. The van der Waals surface area contributed by atoms with Crippen LogP contribution in [0.15, 0.2) is 89.8 Å². The zero-order chi connectivity index (χ0) is 20.9. The van der Waals surface area contributed by atoms with Crippen molar-refractivity contribution in [3.05, 3.63) is 102 Å². The Kier molecular flexibility index (Phi) is 6.31. The molecule has 0 radical (unpaired) electrons. The van der Waals surface area contributed by atoms with Gasteiger partial charge >= 0.3 is 6.03 Å². The predicted octanol–water partition coefficient (Wildman–Crippen LogP) is 3.42. The van der Waals surface area contributed by atoms with Gasteiger partial charge in [0.1, 0.15) is 0 Å². The minimum Gasteiger partial charge on any atom is -0.329 e. The molecule has 0 aliphatic heterocycles. The van der Waals surface area contributed by atoms with Gasteiger partial charge in [0, 0.05) is 0 Å². The van der Waals surface area contributed by atoms with E-state index in [0.29, 0.717) is 0 Å². The lowest BCUT2D eigenvalue weighted by molar-refractivity contribution is 0.240. The normalized spacial score (nSPS) is 13.3. The second-order valence-corrected chi connectivity index (χ2v) is 8.40. The van der Waals surface area contributed by atoms with Gasteiger partial charge in [-0.25, -0.2) is 17.9 Å². The van der Waals surface area contributed by atoms with Gasteiger partial charge in [0.25, 0.3) is 10.0 Å². The molecule has 3 aromatic rings. The maximum atomic E-state index is 12.6. The van der Waals surface area contributed by atoms with Gasteiger partial charge in [0.2, 0.25) is 0 Å². The first-order valence-corrected chi connectivity index (χ1v) is 10.6. The SMILES string of the molecule is Cc1ccc(S(=O)(=O)NC(=O)NC(c2ccccc2)C(N)c2ccccc2)cc1. The van der Waals surface area contributed by atoms with Crippen LogP contribution in [0.25, 0.3) is 0 Å². The zero-order valence-electron chi connectivity index (χ0n) is 15.9. The summed E-state index contributed by atoms with van der Waals surface area (Å²) >= 11 is 0. The third-order valence-electron chi connectivity index (χ3n) is 4.55. The molecule has 0 aliphatic carbocycles. The van der Waals surface area contributed by atoms with E-state index in [2.05, 4.69) is 10.0 Å². The molecular weight excluding hydrogens is 386 g/mol. The van der Waals surface area contributed by atoms with Crippen molar-refractivity contribution in [1.82, 2.24) is 10.0 Å². The molecule has 4 N–H and O–H groups in total. The van der Waals surface area contributed by atoms with Gasteiger partial charge < -0.3 is 11.1 Å². The molecule has 0 spiro atoms. The van der Waals surface area contributed by atoms with Gasteiger partial charge in [-0.3, -0.25) is 0 Å². The Morgan fingerprint density at radius 1 is 0.828 bits per heavy atom. The lowest BCUT2D eigenvalue weighted by Gasteiger charge is -2.26. The summed E-state index contributed by atoms with van der Waals surface area (Å²) in [6, 6.07) is 22.8. The van der Waals surface area contributed by atoms with Crippen molar-refractivity contribution in [1.29, 1.82) is 0 Å². The van der Waals surface area contributed by atoms with Gasteiger partial charge in [-0.2, -0.15) is 0 Å². The molecule has 2 amide bonds. The highest BCUT2D eigenvalue weighted by molar-refractivity contribution is 7.90. The van der Waals surface area contributed by atoms with Crippen LogP contribution in [-0.2, 0) is 10.0 Å². The fourth-order valence-corrected chi connectivity index (χ4v) is 3.89. The maximum Gasteiger partial charge on any atom is 0.329 e. The van der Waals surface area contributed by atoms with Crippen molar-refractivity contribution in [2.75, 3.05) is 0 Å². The molecule has 150 valence electrons. The van der Waals surface area contributed by atoms with Crippen LogP contribution in [0.3, 0.4) is 0 Å². The van der Waals surface area contributed by atoms with E-state index in [0.717, 1.165) is 16.7 Å². The van der Waals surface area contributed by atoms with Crippen molar-refractivity contribution < 1.29 is 13.2 Å². The molecule has 0 aliphatic rings. The number of nitrogens with one attached hydrogen (secondary N) is 2. The van der Waals surface area contributed by atoms with Gasteiger partial charge in [0.15, 0.2) is 0 Å². The predicted molar refractivity (Wildman–Crippen MR) is 113 cm³/mol. The van der Waals surface area contributed by atoms with Crippen molar-refractivity contribution in [3.8, 4) is 0 Å². The van der Waals surface area contributed by atoms with Crippen LogP contribution in [-0.4, -0.2) is 14.4 Å². The topological polar surface area (TPSA) is 101 Å². The molecule has 0 heterocycles. The van der Waals surface area contributed by atoms with Crippen LogP contribution in [0, 0.1) is 6.92 Å². The van der Waals surface area contributed by atoms with Crippen molar-refractivity contribution in [2.24, 2.45) is 5.73 Å². The molecule has 2 atom stereocenters. The molecule has 2 unspecified atom stereocenters. The summed E-state index contributed by atoms with van der Waals surface area (Å²) in [6.45, 7) is 1.85. The van der Waals surface area contributed by atoms with E-state index in [1.165, 1.54) is 12.1 Å². The highest BCUT2D eigenvalue weighted by Crippen LogP contribution is 2.26. The van der Waals surface area contributed by atoms with Crippen LogP contribution < -0.4 is 15.8 Å². The number of rotatable bonds is 6. The lowest BCUT2D eigenvalue weighted by Crippen LogP contribution is -2.44. The van der Waals surface area contributed by atoms with E-state index in [1.807, 2.05) is 67.6 Å². The molecule has 0 fully saturated rings. The number of benzene rings is 3. The lowest BCUT2D eigenvalue weighted by atomic mass is 9.94. The van der Waals surface area contributed by atoms with E-state index >= 15 is 0 Å². The van der Waals surface area contributed by atoms with E-state index in [-0.39, 0.29) is 4.90 Å². The average molecular weight is 410 g/mol. The number of carbonyl (C=O) groups excluding carboxylic acids is 1. The Morgan fingerprint density at radius 3 is 1.90 bits per heavy atom. The highest BCUT2D eigenvalue weighted by atomic mass is 32.2. The minimum absolute atomic E-state index is 0.0156. The third-order valence-corrected chi connectivity index (χ3v) is 5.89. The van der Waals surface area contributed by atoms with Crippen molar-refractivity contribution in [2.45, 2.75) is 23.9 Å². The van der Waals surface area contributed by atoms with Crippen molar-refractivity contribution in [3.63, 3.8) is 0 Å². The molecule has 0 bridgehead atoms. The van der Waals surface area contributed by atoms with Crippen LogP contribution in [0.2, 0.25) is 0 Å². The summed E-state index contributed by atoms with van der Waals surface area (Å²) in [7, 11) is -4.00. The van der Waals surface area contributed by atoms with Gasteiger partial charge in [-0.15, -0.1) is 0 Å². The first-order chi connectivity index (χ1) is 13.9. The Bertz CT molecular complexity index is 1050. The largest absolute Gasteiger partial charge is 0.329 e. The second kappa shape index (κ2) is 8.89. The number of urea groups is 1. The fraction of sp³-hybridized carbons (Fsp3) is 0.136. The first-order valence-electron chi connectivity index (χ1n) is 9.12. The first kappa shape index (κ1) is 20.6. The summed E-state index contributed by atoms with van der Waals surface area (Å²) < 4.78 is 27.1. The second-order valence-electron chi connectivity index (χ2n) is 6.72. The smallest absolute Gasteiger partial charge is 0.329 e. The number of sulfonamides is 1. The fourth-order valence-electron chi connectivity index (χ4n) is 2.98. The minimum atomic E-state index is -4.00. The Hall–Kier alpha value is -3.16. The van der Waals surface area contributed by atoms with E-state index in [9.17, 15) is 13.2 Å². The van der Waals surface area contributed by atoms with Crippen molar-refractivity contribution >= 4 is 16.1 Å². The van der Waals surface area contributed by atoms with Crippen LogP contribution in [0.5, 0.6) is 0 Å². The molecule has 29 heavy (non-hydrogen) atoms. The molecule has 6 nitrogen and oxygen atoms in total. The van der Waals surface area contributed by atoms with Gasteiger partial charge in [-0.1, -0.05) is 78.4 Å². The number of hydrogen-bond donors (Lipinski definition) is 3. The Labute approximate surface area is 170 Å². The van der Waals surface area contributed by atoms with E-state index < -0.39 is 28.1 Å². The summed E-state index contributed by atoms with van der Waals surface area (Å²) in [4.78, 5) is 12.6. The molecular formula is C22H23N3O3S. The maximum absolute atomic E-state index is 12.6. The number of hydrogen-bond acceptors (Lipinski definition) is 4. The zero-order valence-corrected chi connectivity index (χ0v) is 16.8. The number of amides is 2. The average Bonchev–Trinajstić information content (AvgIpc) is 2.73. The summed E-state index contributed by atoms with van der Waals surface area (Å²) in [6.07, 6.45) is 0. The highest BCUT2D eigenvalue weighted by Gasteiger charge is 2.25. The molecule has 0 saturated heterocycles. The molecule has 0 aromatic heterocycles. The van der Waals surface area contributed by atoms with E-state index in [1.54, 1.807) is 12.1 Å². The van der Waals surface area contributed by atoms with E-state index in [4.69, 9.17) is 5.73 Å². The van der Waals surface area contributed by atoms with Gasteiger partial charge in [0.05, 0.1) is 17.0 Å². The molecule has 3 rings (SSSR count). The Morgan fingerprint density at radius 2 is 1.34 bits per heavy atom. The summed E-state index contributed by atoms with van der Waals surface area (Å²) in [5, 5.41) is 2.71. The van der Waals surface area contributed by atoms with Crippen LogP contribution in [0.1, 0.15) is 28.8 Å². The molecule has 0 saturated carbocycles. The molecule has 3 aromatic carbocycles. The molecule has 7 heteroatoms. The monoisotopic (exact) mass is 409 g/mol. The third kappa shape index (κ3) is 5.22. The van der Waals surface area contributed by atoms with Gasteiger partial charge in [-0.05, 0) is 30.2 Å². The van der Waals surface area contributed by atoms with Crippen LogP contribution in [0.4, 0.5) is 4.79 Å². The Balaban J connectivity index is 1.82. The number of nitrogens with two attached hydrogens (primary N) is 1. The standard InChI is InChI=1S/C22H23N3O3S/c1-16-12-14-19(15-13-16)29(27,28)25-22(26)24-21(18-10-6-3-7-11-18)20(23)17-8-4-2-5-9-17/h2-15,20-21H,23H2,1H3,(H2,24,25,26). The summed E-state index contributed by atoms with van der Waals surface area (Å²) in [5.41, 5.74) is 8.93. The summed E-state index contributed by atoms with van der Waals surface area (Å²) in [5.74, 6) is 0. The number of carbonyl (C=O) groups is 1. The van der Waals surface area contributed by atoms with Crippen LogP contribution >= 0.6 is 0 Å².